The molecule has 0 aliphatic heterocycles. The summed E-state index contributed by atoms with van der Waals surface area (Å²) >= 11 is 0. The van der Waals surface area contributed by atoms with Gasteiger partial charge in [-0.15, -0.1) is 0 Å². The zero-order valence-corrected chi connectivity index (χ0v) is 9.57. The number of hydrogen-bond acceptors (Lipinski definition) is 2. The fourth-order valence-electron chi connectivity index (χ4n) is 1.93. The first-order valence-corrected chi connectivity index (χ1v) is 5.52. The molecular formula is C13H8F3N3. The lowest BCUT2D eigenvalue weighted by atomic mass is 10.0. The van der Waals surface area contributed by atoms with Crippen molar-refractivity contribution >= 4 is 11.2 Å². The van der Waals surface area contributed by atoms with Crippen LogP contribution in [0.3, 0.4) is 0 Å². The molecule has 6 heteroatoms. The highest BCUT2D eigenvalue weighted by molar-refractivity contribution is 5.75. The van der Waals surface area contributed by atoms with E-state index in [4.69, 9.17) is 0 Å². The van der Waals surface area contributed by atoms with Crippen molar-refractivity contribution in [2.45, 2.75) is 6.18 Å². The van der Waals surface area contributed by atoms with E-state index in [2.05, 4.69) is 15.0 Å². The summed E-state index contributed by atoms with van der Waals surface area (Å²) in [6, 6.07) is 8.58. The summed E-state index contributed by atoms with van der Waals surface area (Å²) in [5, 5.41) is 0. The molecule has 1 aromatic carbocycles. The predicted molar refractivity (Wildman–Crippen MR) is 64.3 cm³/mol. The van der Waals surface area contributed by atoms with Crippen molar-refractivity contribution in [3.8, 4) is 11.3 Å². The van der Waals surface area contributed by atoms with Crippen molar-refractivity contribution in [1.29, 1.82) is 0 Å². The number of nitrogens with zero attached hydrogens (tertiary/aromatic N) is 2. The van der Waals surface area contributed by atoms with E-state index in [0.717, 1.165) is 6.07 Å². The Hall–Kier alpha value is -2.37. The Morgan fingerprint density at radius 1 is 1.00 bits per heavy atom. The standard InChI is InChI=1S/C13H8F3N3/c14-13(15,16)9-4-2-1-3-8(9)10-5-6-11-12(19-10)18-7-17-11/h1-7H,(H,17,18,19). The lowest BCUT2D eigenvalue weighted by Crippen LogP contribution is -2.07. The number of rotatable bonds is 1. The van der Waals surface area contributed by atoms with Gasteiger partial charge >= 0.3 is 6.18 Å². The van der Waals surface area contributed by atoms with Crippen LogP contribution in [-0.2, 0) is 6.18 Å². The van der Waals surface area contributed by atoms with Gasteiger partial charge in [0.2, 0.25) is 0 Å². The van der Waals surface area contributed by atoms with Crippen LogP contribution >= 0.6 is 0 Å². The molecule has 0 atom stereocenters. The molecule has 0 fully saturated rings. The third-order valence-electron chi connectivity index (χ3n) is 2.79. The van der Waals surface area contributed by atoms with E-state index in [0.29, 0.717) is 11.2 Å². The maximum atomic E-state index is 12.9. The summed E-state index contributed by atoms with van der Waals surface area (Å²) in [5.41, 5.74) is 0.701. The summed E-state index contributed by atoms with van der Waals surface area (Å²) in [7, 11) is 0. The van der Waals surface area contributed by atoms with Crippen LogP contribution in [-0.4, -0.2) is 15.0 Å². The molecule has 1 N–H and O–H groups in total. The topological polar surface area (TPSA) is 41.6 Å². The van der Waals surface area contributed by atoms with Crippen LogP contribution in [0.25, 0.3) is 22.4 Å². The van der Waals surface area contributed by atoms with Crippen molar-refractivity contribution in [2.24, 2.45) is 0 Å². The Morgan fingerprint density at radius 3 is 2.58 bits per heavy atom. The van der Waals surface area contributed by atoms with Crippen LogP contribution in [0.1, 0.15) is 5.56 Å². The average Bonchev–Trinajstić information content (AvgIpc) is 2.85. The first kappa shape index (κ1) is 11.7. The third kappa shape index (κ3) is 2.05. The zero-order valence-electron chi connectivity index (χ0n) is 9.57. The van der Waals surface area contributed by atoms with Crippen LogP contribution < -0.4 is 0 Å². The number of H-pyrrole nitrogens is 1. The van der Waals surface area contributed by atoms with Crippen molar-refractivity contribution in [2.75, 3.05) is 0 Å². The summed E-state index contributed by atoms with van der Waals surface area (Å²) in [5.74, 6) is 0. The Kier molecular flexibility index (Phi) is 2.51. The third-order valence-corrected chi connectivity index (χ3v) is 2.79. The van der Waals surface area contributed by atoms with E-state index in [1.165, 1.54) is 18.5 Å². The minimum absolute atomic E-state index is 0.0555. The molecule has 2 heterocycles. The summed E-state index contributed by atoms with van der Waals surface area (Å²) in [4.78, 5) is 10.9. The number of aromatic nitrogens is 3. The monoisotopic (exact) mass is 263 g/mol. The summed E-state index contributed by atoms with van der Waals surface area (Å²) < 4.78 is 38.8. The molecule has 0 saturated heterocycles. The molecule has 19 heavy (non-hydrogen) atoms. The Balaban J connectivity index is 2.21. The average molecular weight is 263 g/mol. The van der Waals surface area contributed by atoms with Gasteiger partial charge in [-0.1, -0.05) is 18.2 Å². The first-order chi connectivity index (χ1) is 9.05. The van der Waals surface area contributed by atoms with Crippen molar-refractivity contribution in [3.63, 3.8) is 0 Å². The van der Waals surface area contributed by atoms with Crippen LogP contribution in [0.2, 0.25) is 0 Å². The van der Waals surface area contributed by atoms with Crippen LogP contribution in [0.15, 0.2) is 42.7 Å². The number of benzene rings is 1. The second-order valence-corrected chi connectivity index (χ2v) is 4.01. The first-order valence-electron chi connectivity index (χ1n) is 5.52. The second kappa shape index (κ2) is 4.08. The number of aromatic amines is 1. The molecule has 0 unspecified atom stereocenters. The fraction of sp³-hybridized carbons (Fsp3) is 0.0769. The molecule has 0 spiro atoms. The van der Waals surface area contributed by atoms with E-state index in [1.54, 1.807) is 18.2 Å². The van der Waals surface area contributed by atoms with Gasteiger partial charge < -0.3 is 4.98 Å². The molecule has 0 aliphatic rings. The molecule has 96 valence electrons. The quantitative estimate of drug-likeness (QED) is 0.728. The molecule has 0 bridgehead atoms. The largest absolute Gasteiger partial charge is 0.417 e. The summed E-state index contributed by atoms with van der Waals surface area (Å²) in [6.07, 6.45) is -2.95. The molecule has 3 nitrogen and oxygen atoms in total. The second-order valence-electron chi connectivity index (χ2n) is 4.01. The highest BCUT2D eigenvalue weighted by Crippen LogP contribution is 2.36. The van der Waals surface area contributed by atoms with E-state index >= 15 is 0 Å². The van der Waals surface area contributed by atoms with Gasteiger partial charge in [0.25, 0.3) is 0 Å². The van der Waals surface area contributed by atoms with E-state index in [9.17, 15) is 13.2 Å². The number of alkyl halides is 3. The molecular weight excluding hydrogens is 255 g/mol. The zero-order chi connectivity index (χ0) is 13.5. The van der Waals surface area contributed by atoms with Gasteiger partial charge in [-0.05, 0) is 18.2 Å². The van der Waals surface area contributed by atoms with Gasteiger partial charge in [-0.2, -0.15) is 13.2 Å². The van der Waals surface area contributed by atoms with Crippen molar-refractivity contribution < 1.29 is 13.2 Å². The maximum Gasteiger partial charge on any atom is 0.417 e. The maximum absolute atomic E-state index is 12.9. The summed E-state index contributed by atoms with van der Waals surface area (Å²) in [6.45, 7) is 0. The van der Waals surface area contributed by atoms with E-state index in [-0.39, 0.29) is 11.3 Å². The molecule has 0 radical (unpaired) electrons. The Labute approximate surface area is 106 Å². The van der Waals surface area contributed by atoms with E-state index in [1.807, 2.05) is 0 Å². The highest BCUT2D eigenvalue weighted by Gasteiger charge is 2.33. The smallest absolute Gasteiger partial charge is 0.343 e. The van der Waals surface area contributed by atoms with Gasteiger partial charge in [0.05, 0.1) is 23.1 Å². The number of nitrogens with one attached hydrogen (secondary N) is 1. The molecule has 2 aromatic heterocycles. The van der Waals surface area contributed by atoms with Crippen LogP contribution in [0, 0.1) is 0 Å². The van der Waals surface area contributed by atoms with Crippen LogP contribution in [0.5, 0.6) is 0 Å². The molecule has 3 rings (SSSR count). The Bertz CT molecular complexity index is 731. The highest BCUT2D eigenvalue weighted by atomic mass is 19.4. The normalized spacial score (nSPS) is 11.9. The lowest BCUT2D eigenvalue weighted by Gasteiger charge is -2.11. The number of hydrogen-bond donors (Lipinski definition) is 1. The predicted octanol–water partition coefficient (Wildman–Crippen LogP) is 3.64. The molecule has 0 aliphatic carbocycles. The van der Waals surface area contributed by atoms with Gasteiger partial charge in [0, 0.05) is 5.56 Å². The van der Waals surface area contributed by atoms with Gasteiger partial charge in [0.1, 0.15) is 0 Å². The lowest BCUT2D eigenvalue weighted by molar-refractivity contribution is -0.137. The minimum Gasteiger partial charge on any atom is -0.343 e. The number of pyridine rings is 1. The van der Waals surface area contributed by atoms with Crippen molar-refractivity contribution in [1.82, 2.24) is 15.0 Å². The molecule has 0 amide bonds. The molecule has 3 aromatic rings. The van der Waals surface area contributed by atoms with E-state index < -0.39 is 11.7 Å². The Morgan fingerprint density at radius 2 is 1.79 bits per heavy atom. The fourth-order valence-corrected chi connectivity index (χ4v) is 1.93. The van der Waals surface area contributed by atoms with Crippen LogP contribution in [0.4, 0.5) is 13.2 Å². The number of halogens is 3. The number of fused-ring (bicyclic) bond motifs is 1. The van der Waals surface area contributed by atoms with Gasteiger partial charge in [-0.3, -0.25) is 0 Å². The van der Waals surface area contributed by atoms with Gasteiger partial charge in [0.15, 0.2) is 5.65 Å². The number of imidazole rings is 1. The van der Waals surface area contributed by atoms with Gasteiger partial charge in [-0.25, -0.2) is 9.97 Å². The molecule has 0 saturated carbocycles. The minimum atomic E-state index is -4.40. The SMILES string of the molecule is FC(F)(F)c1ccccc1-c1ccc2[nH]cnc2n1. The van der Waals surface area contributed by atoms with Crippen molar-refractivity contribution in [3.05, 3.63) is 48.3 Å².